The van der Waals surface area contributed by atoms with E-state index in [4.69, 9.17) is 0 Å². The number of hydrogen-bond donors (Lipinski definition) is 0. The van der Waals surface area contributed by atoms with Crippen LogP contribution in [0.5, 0.6) is 0 Å². The Morgan fingerprint density at radius 1 is 0.436 bits per heavy atom. The molecule has 39 heavy (non-hydrogen) atoms. The van der Waals surface area contributed by atoms with E-state index in [1.54, 1.807) is 0 Å². The van der Waals surface area contributed by atoms with Crippen molar-refractivity contribution < 1.29 is 0 Å². The highest BCUT2D eigenvalue weighted by Crippen LogP contribution is 2.56. The van der Waals surface area contributed by atoms with Gasteiger partial charge in [0.05, 0.1) is 5.41 Å². The summed E-state index contributed by atoms with van der Waals surface area (Å²) in [5.74, 6) is 0. The Labute approximate surface area is 228 Å². The van der Waals surface area contributed by atoms with Gasteiger partial charge in [0, 0.05) is 28.9 Å². The molecule has 0 aliphatic heterocycles. The minimum Gasteiger partial charge on any atom is -0.344 e. The molecule has 184 valence electrons. The molecule has 0 N–H and O–H groups in total. The molecule has 0 saturated heterocycles. The van der Waals surface area contributed by atoms with E-state index in [-0.39, 0.29) is 5.41 Å². The van der Waals surface area contributed by atoms with Crippen LogP contribution < -0.4 is 0 Å². The Hall–Kier alpha value is -4.88. The van der Waals surface area contributed by atoms with E-state index in [0.29, 0.717) is 0 Å². The molecule has 0 amide bonds. The average Bonchev–Trinajstić information content (AvgIpc) is 3.47. The minimum atomic E-state index is -0.381. The molecule has 1 heterocycles. The lowest BCUT2D eigenvalue weighted by atomic mass is 9.67. The van der Waals surface area contributed by atoms with Crippen molar-refractivity contribution in [1.82, 2.24) is 4.57 Å². The number of hydrogen-bond acceptors (Lipinski definition) is 0. The fourth-order valence-electron chi connectivity index (χ4n) is 6.96. The maximum atomic E-state index is 2.44. The Morgan fingerprint density at radius 3 is 1.77 bits per heavy atom. The molecule has 1 aliphatic carbocycles. The second-order valence-corrected chi connectivity index (χ2v) is 10.6. The summed E-state index contributed by atoms with van der Waals surface area (Å²) < 4.78 is 2.32. The van der Waals surface area contributed by atoms with Crippen LogP contribution in [0.1, 0.15) is 22.3 Å². The largest absolute Gasteiger partial charge is 0.344 e. The van der Waals surface area contributed by atoms with Crippen molar-refractivity contribution in [1.29, 1.82) is 0 Å². The van der Waals surface area contributed by atoms with Gasteiger partial charge in [-0.2, -0.15) is 0 Å². The molecule has 6 aromatic carbocycles. The van der Waals surface area contributed by atoms with E-state index >= 15 is 0 Å². The quantitative estimate of drug-likeness (QED) is 0.229. The predicted octanol–water partition coefficient (Wildman–Crippen LogP) is 9.36. The van der Waals surface area contributed by atoms with Crippen LogP contribution in [0.3, 0.4) is 0 Å². The zero-order valence-corrected chi connectivity index (χ0v) is 21.8. The lowest BCUT2D eigenvalue weighted by Gasteiger charge is -2.34. The van der Waals surface area contributed by atoms with Crippen molar-refractivity contribution in [3.63, 3.8) is 0 Å². The van der Waals surface area contributed by atoms with Gasteiger partial charge >= 0.3 is 0 Å². The number of nitrogens with zero attached hydrogens (tertiary/aromatic N) is 1. The third kappa shape index (κ3) is 3.02. The number of para-hydroxylation sites is 1. The molecule has 1 aliphatic rings. The van der Waals surface area contributed by atoms with Crippen molar-refractivity contribution in [2.75, 3.05) is 0 Å². The summed E-state index contributed by atoms with van der Waals surface area (Å²) in [6, 6.07) is 53.6. The first-order chi connectivity index (χ1) is 19.3. The van der Waals surface area contributed by atoms with Crippen LogP contribution in [0, 0.1) is 0 Å². The first-order valence-corrected chi connectivity index (χ1v) is 13.6. The number of benzene rings is 6. The normalized spacial score (nSPS) is 13.5. The van der Waals surface area contributed by atoms with Crippen LogP contribution in [0.4, 0.5) is 0 Å². The third-order valence-electron chi connectivity index (χ3n) is 8.71. The Balaban J connectivity index is 1.42. The maximum Gasteiger partial charge on any atom is 0.0713 e. The molecule has 0 radical (unpaired) electrons. The van der Waals surface area contributed by atoms with Gasteiger partial charge in [-0.15, -0.1) is 0 Å². The molecule has 8 rings (SSSR count). The standard InChI is InChI=1S/C38H27N/c1-39-36-19-11-9-17-32(36)33-23-21-27(25-37(33)39)26-20-22-31-30-16-8-10-18-34(30)38(35(31)24-26,28-12-4-2-5-13-28)29-14-6-3-7-15-29/h2-25H,1H3. The van der Waals surface area contributed by atoms with Gasteiger partial charge in [-0.1, -0.05) is 127 Å². The fourth-order valence-corrected chi connectivity index (χ4v) is 6.96. The number of rotatable bonds is 3. The summed E-state index contributed by atoms with van der Waals surface area (Å²) in [6.45, 7) is 0. The second-order valence-electron chi connectivity index (χ2n) is 10.6. The molecule has 1 nitrogen and oxygen atoms in total. The van der Waals surface area contributed by atoms with Crippen LogP contribution in [0.25, 0.3) is 44.1 Å². The van der Waals surface area contributed by atoms with Gasteiger partial charge in [0.1, 0.15) is 0 Å². The van der Waals surface area contributed by atoms with Crippen LogP contribution >= 0.6 is 0 Å². The van der Waals surface area contributed by atoms with E-state index in [0.717, 1.165) is 0 Å². The summed E-state index contributed by atoms with van der Waals surface area (Å²) >= 11 is 0. The van der Waals surface area contributed by atoms with E-state index in [1.807, 2.05) is 0 Å². The second kappa shape index (κ2) is 8.31. The van der Waals surface area contributed by atoms with E-state index in [2.05, 4.69) is 157 Å². The summed E-state index contributed by atoms with van der Waals surface area (Å²) in [5, 5.41) is 2.60. The van der Waals surface area contributed by atoms with Crippen LogP contribution in [0.2, 0.25) is 0 Å². The first-order valence-electron chi connectivity index (χ1n) is 13.6. The SMILES string of the molecule is Cn1c2ccccc2c2ccc(-c3ccc4c(c3)C(c3ccccc3)(c3ccccc3)c3ccccc3-4)cc21. The molecular formula is C38H27N. The Morgan fingerprint density at radius 2 is 1.00 bits per heavy atom. The smallest absolute Gasteiger partial charge is 0.0713 e. The maximum absolute atomic E-state index is 2.44. The monoisotopic (exact) mass is 497 g/mol. The fraction of sp³-hybridized carbons (Fsp3) is 0.0526. The molecule has 1 aromatic heterocycles. The molecule has 0 spiro atoms. The van der Waals surface area contributed by atoms with Crippen molar-refractivity contribution >= 4 is 21.8 Å². The van der Waals surface area contributed by atoms with Gasteiger partial charge in [-0.3, -0.25) is 0 Å². The lowest BCUT2D eigenvalue weighted by molar-refractivity contribution is 0.769. The van der Waals surface area contributed by atoms with Gasteiger partial charge in [-0.25, -0.2) is 0 Å². The van der Waals surface area contributed by atoms with Crippen molar-refractivity contribution in [2.45, 2.75) is 5.41 Å². The van der Waals surface area contributed by atoms with Gasteiger partial charge in [0.2, 0.25) is 0 Å². The zero-order chi connectivity index (χ0) is 26.0. The van der Waals surface area contributed by atoms with Crippen molar-refractivity contribution in [3.8, 4) is 22.3 Å². The molecule has 0 saturated carbocycles. The van der Waals surface area contributed by atoms with Crippen LogP contribution in [0.15, 0.2) is 146 Å². The summed E-state index contributed by atoms with van der Waals surface area (Å²) in [4.78, 5) is 0. The van der Waals surface area contributed by atoms with Gasteiger partial charge < -0.3 is 4.57 Å². The summed E-state index contributed by atoms with van der Waals surface area (Å²) in [5.41, 5.74) is 12.5. The van der Waals surface area contributed by atoms with Crippen LogP contribution in [-0.4, -0.2) is 4.57 Å². The van der Waals surface area contributed by atoms with Crippen molar-refractivity contribution in [3.05, 3.63) is 168 Å². The minimum absolute atomic E-state index is 0.381. The predicted molar refractivity (Wildman–Crippen MR) is 163 cm³/mol. The Bertz CT molecular complexity index is 1970. The van der Waals surface area contributed by atoms with Gasteiger partial charge in [0.15, 0.2) is 0 Å². The number of aryl methyl sites for hydroxylation is 1. The Kier molecular flexibility index (Phi) is 4.72. The average molecular weight is 498 g/mol. The molecule has 1 heteroatoms. The van der Waals surface area contributed by atoms with Crippen LogP contribution in [-0.2, 0) is 12.5 Å². The van der Waals surface area contributed by atoms with Gasteiger partial charge in [-0.05, 0) is 62.7 Å². The molecule has 7 aromatic rings. The highest BCUT2D eigenvalue weighted by atomic mass is 14.9. The highest BCUT2D eigenvalue weighted by Gasteiger charge is 2.45. The summed E-state index contributed by atoms with van der Waals surface area (Å²) in [6.07, 6.45) is 0. The van der Waals surface area contributed by atoms with E-state index in [9.17, 15) is 0 Å². The highest BCUT2D eigenvalue weighted by molar-refractivity contribution is 6.09. The lowest BCUT2D eigenvalue weighted by Crippen LogP contribution is -2.28. The van der Waals surface area contributed by atoms with Gasteiger partial charge in [0.25, 0.3) is 0 Å². The third-order valence-corrected chi connectivity index (χ3v) is 8.71. The molecule has 0 unspecified atom stereocenters. The number of aromatic nitrogens is 1. The molecule has 0 atom stereocenters. The molecule has 0 bridgehead atoms. The van der Waals surface area contributed by atoms with Crippen molar-refractivity contribution in [2.24, 2.45) is 7.05 Å². The number of fused-ring (bicyclic) bond motifs is 6. The first kappa shape index (κ1) is 22.1. The molecule has 0 fully saturated rings. The van der Waals surface area contributed by atoms with E-state index < -0.39 is 0 Å². The topological polar surface area (TPSA) is 4.93 Å². The molecular weight excluding hydrogens is 470 g/mol. The summed E-state index contributed by atoms with van der Waals surface area (Å²) in [7, 11) is 2.17. The van der Waals surface area contributed by atoms with E-state index in [1.165, 1.54) is 66.3 Å². The zero-order valence-electron chi connectivity index (χ0n) is 21.8.